The van der Waals surface area contributed by atoms with E-state index >= 15 is 0 Å². The number of halogens is 5. The minimum Gasteiger partial charge on any atom is -0.345 e. The van der Waals surface area contributed by atoms with Crippen molar-refractivity contribution in [1.82, 2.24) is 10.6 Å². The molecule has 1 atom stereocenters. The van der Waals surface area contributed by atoms with Gasteiger partial charge in [0.05, 0.1) is 10.6 Å². The van der Waals surface area contributed by atoms with Crippen molar-refractivity contribution in [2.75, 3.05) is 18.6 Å². The molecule has 1 aromatic rings. The summed E-state index contributed by atoms with van der Waals surface area (Å²) in [4.78, 5) is 24.1. The number of carbonyl (C=O) groups is 2. The number of carbonyl (C=O) groups excluding carboxylic acids is 2. The van der Waals surface area contributed by atoms with Crippen LogP contribution in [0.15, 0.2) is 18.2 Å². The fraction of sp³-hybridized carbons (Fsp3) is 0.429. The van der Waals surface area contributed by atoms with Gasteiger partial charge in [-0.05, 0) is 36.6 Å². The first-order valence-corrected chi connectivity index (χ1v) is 8.88. The van der Waals surface area contributed by atoms with Crippen LogP contribution in [0, 0.1) is 0 Å². The number of amides is 2. The Morgan fingerprint density at radius 2 is 1.96 bits per heavy atom. The zero-order chi connectivity index (χ0) is 18.3. The van der Waals surface area contributed by atoms with Gasteiger partial charge in [0.15, 0.2) is 0 Å². The molecule has 0 bridgehead atoms. The average molecular weight is 403 g/mol. The van der Waals surface area contributed by atoms with E-state index in [4.69, 9.17) is 23.2 Å². The van der Waals surface area contributed by atoms with Gasteiger partial charge >= 0.3 is 6.18 Å². The minimum absolute atomic E-state index is 0.0823. The predicted octanol–water partition coefficient (Wildman–Crippen LogP) is 3.52. The smallest absolute Gasteiger partial charge is 0.345 e. The van der Waals surface area contributed by atoms with Crippen molar-refractivity contribution >= 4 is 46.8 Å². The lowest BCUT2D eigenvalue weighted by atomic mass is 10.1. The molecule has 0 saturated heterocycles. The standard InChI is InChI=1S/C14H15Cl2F3N2O2S/c1-24-5-4-11(13(23)20-7-14(17,18)19)21-12(22)9-3-2-8(15)6-10(9)16/h2-3,6,11H,4-5,7H2,1H3,(H,20,23)(H,21,22). The van der Waals surface area contributed by atoms with E-state index in [1.54, 1.807) is 11.6 Å². The third-order valence-electron chi connectivity index (χ3n) is 2.87. The second-order valence-electron chi connectivity index (χ2n) is 4.76. The number of thioether (sulfide) groups is 1. The molecule has 4 nitrogen and oxygen atoms in total. The van der Waals surface area contributed by atoms with E-state index in [1.165, 1.54) is 30.0 Å². The summed E-state index contributed by atoms with van der Waals surface area (Å²) < 4.78 is 36.6. The summed E-state index contributed by atoms with van der Waals surface area (Å²) in [6, 6.07) is 3.08. The van der Waals surface area contributed by atoms with Gasteiger partial charge < -0.3 is 10.6 Å². The van der Waals surface area contributed by atoms with Crippen molar-refractivity contribution in [3.63, 3.8) is 0 Å². The Hall–Kier alpha value is -1.12. The molecule has 10 heteroatoms. The molecule has 0 radical (unpaired) electrons. The summed E-state index contributed by atoms with van der Waals surface area (Å²) in [5.41, 5.74) is 0.0823. The van der Waals surface area contributed by atoms with Gasteiger partial charge in [-0.1, -0.05) is 23.2 Å². The Morgan fingerprint density at radius 3 is 2.50 bits per heavy atom. The maximum atomic E-state index is 12.2. The number of hydrogen-bond acceptors (Lipinski definition) is 3. The maximum absolute atomic E-state index is 12.2. The van der Waals surface area contributed by atoms with Gasteiger partial charge in [-0.15, -0.1) is 0 Å². The van der Waals surface area contributed by atoms with Crippen LogP contribution in [0.4, 0.5) is 13.2 Å². The van der Waals surface area contributed by atoms with E-state index < -0.39 is 30.6 Å². The molecule has 0 heterocycles. The summed E-state index contributed by atoms with van der Waals surface area (Å²) in [5, 5.41) is 4.59. The van der Waals surface area contributed by atoms with E-state index in [0.717, 1.165) is 0 Å². The summed E-state index contributed by atoms with van der Waals surface area (Å²) in [6.07, 6.45) is -2.56. The van der Waals surface area contributed by atoms with Crippen molar-refractivity contribution in [1.29, 1.82) is 0 Å². The average Bonchev–Trinajstić information content (AvgIpc) is 2.48. The Morgan fingerprint density at radius 1 is 1.29 bits per heavy atom. The molecule has 1 aromatic carbocycles. The zero-order valence-electron chi connectivity index (χ0n) is 12.5. The number of hydrogen-bond donors (Lipinski definition) is 2. The summed E-state index contributed by atoms with van der Waals surface area (Å²) in [7, 11) is 0. The minimum atomic E-state index is -4.52. The molecule has 0 saturated carbocycles. The van der Waals surface area contributed by atoms with E-state index in [2.05, 4.69) is 5.32 Å². The van der Waals surface area contributed by atoms with Crippen LogP contribution < -0.4 is 10.6 Å². The van der Waals surface area contributed by atoms with Crippen LogP contribution in [0.1, 0.15) is 16.8 Å². The largest absolute Gasteiger partial charge is 0.405 e. The van der Waals surface area contributed by atoms with Gasteiger partial charge in [0.2, 0.25) is 5.91 Å². The zero-order valence-corrected chi connectivity index (χ0v) is 14.9. The predicted molar refractivity (Wildman–Crippen MR) is 89.8 cm³/mol. The topological polar surface area (TPSA) is 58.2 Å². The Balaban J connectivity index is 2.80. The molecule has 2 amide bonds. The number of nitrogens with one attached hydrogen (secondary N) is 2. The maximum Gasteiger partial charge on any atom is 0.405 e. The van der Waals surface area contributed by atoms with Gasteiger partial charge in [0.1, 0.15) is 12.6 Å². The van der Waals surface area contributed by atoms with E-state index in [9.17, 15) is 22.8 Å². The summed E-state index contributed by atoms with van der Waals surface area (Å²) >= 11 is 13.1. The molecule has 2 N–H and O–H groups in total. The van der Waals surface area contributed by atoms with Gasteiger partial charge in [-0.2, -0.15) is 24.9 Å². The Kier molecular flexibility index (Phi) is 8.18. The molecule has 0 aliphatic heterocycles. The molecule has 1 rings (SSSR count). The van der Waals surface area contributed by atoms with E-state index in [0.29, 0.717) is 10.8 Å². The molecule has 0 aliphatic rings. The highest BCUT2D eigenvalue weighted by atomic mass is 35.5. The van der Waals surface area contributed by atoms with Crippen LogP contribution in [0.3, 0.4) is 0 Å². The van der Waals surface area contributed by atoms with E-state index in [-0.39, 0.29) is 17.0 Å². The van der Waals surface area contributed by atoms with Crippen LogP contribution in [0.25, 0.3) is 0 Å². The van der Waals surface area contributed by atoms with Gasteiger partial charge in [-0.25, -0.2) is 0 Å². The fourth-order valence-corrected chi connectivity index (χ4v) is 2.69. The first-order chi connectivity index (χ1) is 11.1. The van der Waals surface area contributed by atoms with Crippen molar-refractivity contribution in [2.24, 2.45) is 0 Å². The van der Waals surface area contributed by atoms with Gasteiger partial charge in [0, 0.05) is 5.02 Å². The lowest BCUT2D eigenvalue weighted by Crippen LogP contribution is -2.49. The van der Waals surface area contributed by atoms with Crippen molar-refractivity contribution < 1.29 is 22.8 Å². The lowest BCUT2D eigenvalue weighted by molar-refractivity contribution is -0.139. The van der Waals surface area contributed by atoms with Crippen LogP contribution in [0.2, 0.25) is 10.0 Å². The molecule has 0 aliphatic carbocycles. The first-order valence-electron chi connectivity index (χ1n) is 6.73. The van der Waals surface area contributed by atoms with Crippen LogP contribution in [-0.2, 0) is 4.79 Å². The second kappa shape index (κ2) is 9.39. The van der Waals surface area contributed by atoms with Crippen molar-refractivity contribution in [2.45, 2.75) is 18.6 Å². The lowest BCUT2D eigenvalue weighted by Gasteiger charge is -2.19. The van der Waals surface area contributed by atoms with Crippen LogP contribution in [0.5, 0.6) is 0 Å². The number of alkyl halides is 3. The fourth-order valence-electron chi connectivity index (χ4n) is 1.72. The third-order valence-corrected chi connectivity index (χ3v) is 4.06. The van der Waals surface area contributed by atoms with Crippen LogP contribution >= 0.6 is 35.0 Å². The summed E-state index contributed by atoms with van der Waals surface area (Å²) in [5.74, 6) is -1.08. The molecular weight excluding hydrogens is 388 g/mol. The highest BCUT2D eigenvalue weighted by Crippen LogP contribution is 2.21. The Bertz CT molecular complexity index is 600. The van der Waals surface area contributed by atoms with Crippen LogP contribution in [-0.4, -0.2) is 42.6 Å². The van der Waals surface area contributed by atoms with Crippen molar-refractivity contribution in [3.05, 3.63) is 33.8 Å². The monoisotopic (exact) mass is 402 g/mol. The third kappa shape index (κ3) is 7.19. The molecule has 0 aromatic heterocycles. The molecule has 134 valence electrons. The molecule has 0 spiro atoms. The highest BCUT2D eigenvalue weighted by molar-refractivity contribution is 7.98. The molecular formula is C14H15Cl2F3N2O2S. The highest BCUT2D eigenvalue weighted by Gasteiger charge is 2.30. The van der Waals surface area contributed by atoms with E-state index in [1.807, 2.05) is 0 Å². The second-order valence-corrected chi connectivity index (χ2v) is 6.59. The van der Waals surface area contributed by atoms with Gasteiger partial charge in [-0.3, -0.25) is 9.59 Å². The first kappa shape index (κ1) is 20.9. The van der Waals surface area contributed by atoms with Crippen molar-refractivity contribution in [3.8, 4) is 0 Å². The SMILES string of the molecule is CSCCC(NC(=O)c1ccc(Cl)cc1Cl)C(=O)NCC(F)(F)F. The molecule has 1 unspecified atom stereocenters. The number of benzene rings is 1. The Labute approximate surface area is 151 Å². The quantitative estimate of drug-likeness (QED) is 0.733. The molecule has 0 fully saturated rings. The van der Waals surface area contributed by atoms with Gasteiger partial charge in [0.25, 0.3) is 5.91 Å². The number of rotatable bonds is 7. The molecule has 24 heavy (non-hydrogen) atoms. The summed E-state index contributed by atoms with van der Waals surface area (Å²) in [6.45, 7) is -1.46. The normalized spacial score (nSPS) is 12.6.